The van der Waals surface area contributed by atoms with Gasteiger partial charge in [-0.25, -0.2) is 8.37 Å². The van der Waals surface area contributed by atoms with Gasteiger partial charge in [-0.1, -0.05) is 181 Å². The van der Waals surface area contributed by atoms with Crippen LogP contribution >= 0.6 is 0 Å². The fourth-order valence-electron chi connectivity index (χ4n) is 5.89. The van der Waals surface area contributed by atoms with E-state index < -0.39 is 46.2 Å². The predicted molar refractivity (Wildman–Crippen MR) is 195 cm³/mol. The maximum Gasteiger partial charge on any atom is 0.397 e. The molecule has 0 aliphatic rings. The van der Waals surface area contributed by atoms with Crippen LogP contribution < -0.4 is 0 Å². The average molecular weight is 731 g/mol. The van der Waals surface area contributed by atoms with Crippen LogP contribution in [-0.4, -0.2) is 64.6 Å². The Morgan fingerprint density at radius 1 is 0.375 bits per heavy atom. The van der Waals surface area contributed by atoms with Gasteiger partial charge in [-0.3, -0.25) is 9.11 Å². The van der Waals surface area contributed by atoms with Crippen LogP contribution in [0.3, 0.4) is 0 Å². The Morgan fingerprint density at radius 2 is 0.583 bits per heavy atom. The average Bonchev–Trinajstić information content (AvgIpc) is 3.03. The second kappa shape index (κ2) is 33.8. The Labute approximate surface area is 296 Å². The highest BCUT2D eigenvalue weighted by Crippen LogP contribution is 2.16. The lowest BCUT2D eigenvalue weighted by Gasteiger charge is -2.26. The fraction of sp³-hybridized carbons (Fsp3) is 1.00. The maximum atomic E-state index is 11.3. The van der Waals surface area contributed by atoms with Crippen molar-refractivity contribution in [2.75, 3.05) is 26.4 Å². The van der Waals surface area contributed by atoms with Crippen molar-refractivity contribution in [3.8, 4) is 0 Å². The second-order valence-corrected chi connectivity index (χ2v) is 15.6. The van der Waals surface area contributed by atoms with E-state index in [-0.39, 0.29) is 13.2 Å². The molecular formula is C36H74O10S2. The summed E-state index contributed by atoms with van der Waals surface area (Å²) in [5, 5.41) is 0. The van der Waals surface area contributed by atoms with Crippen LogP contribution in [0, 0.1) is 0 Å². The van der Waals surface area contributed by atoms with Crippen LogP contribution in [0.5, 0.6) is 0 Å². The van der Waals surface area contributed by atoms with E-state index in [1.807, 2.05) is 0 Å². The summed E-state index contributed by atoms with van der Waals surface area (Å²) in [7, 11) is -9.50. The molecule has 0 aliphatic heterocycles. The molecule has 0 amide bonds. The van der Waals surface area contributed by atoms with Crippen molar-refractivity contribution in [2.45, 2.75) is 206 Å². The van der Waals surface area contributed by atoms with Crippen LogP contribution in [-0.2, 0) is 38.6 Å². The molecule has 0 unspecified atom stereocenters. The smallest absolute Gasteiger partial charge is 0.373 e. The summed E-state index contributed by atoms with van der Waals surface area (Å²) < 4.78 is 84.1. The van der Waals surface area contributed by atoms with Gasteiger partial charge >= 0.3 is 20.8 Å². The summed E-state index contributed by atoms with van der Waals surface area (Å²) >= 11 is 0. The molecule has 0 spiro atoms. The first-order chi connectivity index (χ1) is 23.1. The van der Waals surface area contributed by atoms with E-state index in [0.29, 0.717) is 0 Å². The molecule has 0 fully saturated rings. The monoisotopic (exact) mass is 730 g/mol. The molecule has 0 aromatic carbocycles. The van der Waals surface area contributed by atoms with Crippen molar-refractivity contribution in [3.05, 3.63) is 0 Å². The molecule has 0 rings (SSSR count). The number of unbranched alkanes of at least 4 members (excludes halogenated alkanes) is 26. The topological polar surface area (TPSA) is 146 Å². The molecule has 290 valence electrons. The molecule has 0 radical (unpaired) electrons. The van der Waals surface area contributed by atoms with Crippen molar-refractivity contribution in [1.82, 2.24) is 0 Å². The minimum Gasteiger partial charge on any atom is -0.373 e. The zero-order chi connectivity index (χ0) is 35.6. The fourth-order valence-corrected chi connectivity index (χ4v) is 6.51. The van der Waals surface area contributed by atoms with Gasteiger partial charge in [0.1, 0.15) is 12.2 Å². The van der Waals surface area contributed by atoms with Crippen molar-refractivity contribution in [2.24, 2.45) is 0 Å². The molecule has 2 N–H and O–H groups in total. The van der Waals surface area contributed by atoms with E-state index in [1.54, 1.807) is 0 Å². The highest BCUT2D eigenvalue weighted by Gasteiger charge is 2.27. The molecule has 48 heavy (non-hydrogen) atoms. The minimum atomic E-state index is -4.75. The molecule has 0 aromatic heterocycles. The highest BCUT2D eigenvalue weighted by atomic mass is 32.3. The van der Waals surface area contributed by atoms with Gasteiger partial charge in [0.2, 0.25) is 0 Å². The van der Waals surface area contributed by atoms with Crippen LogP contribution in [0.25, 0.3) is 0 Å². The lowest BCUT2D eigenvalue weighted by atomic mass is 10.0. The second-order valence-electron chi connectivity index (χ2n) is 13.4. The van der Waals surface area contributed by atoms with E-state index in [2.05, 4.69) is 22.2 Å². The zero-order valence-electron chi connectivity index (χ0n) is 30.8. The molecule has 0 heterocycles. The van der Waals surface area contributed by atoms with E-state index in [0.717, 1.165) is 51.4 Å². The first-order valence-corrected chi connectivity index (χ1v) is 22.3. The van der Waals surface area contributed by atoms with Gasteiger partial charge in [0.15, 0.2) is 0 Å². The number of ether oxygens (including phenoxy) is 2. The van der Waals surface area contributed by atoms with E-state index in [1.165, 1.54) is 128 Å². The normalized spacial score (nSPS) is 13.7. The van der Waals surface area contributed by atoms with Gasteiger partial charge in [0, 0.05) is 13.2 Å². The van der Waals surface area contributed by atoms with Gasteiger partial charge in [-0.05, 0) is 12.8 Å². The molecule has 0 aromatic rings. The Kier molecular flexibility index (Phi) is 33.5. The van der Waals surface area contributed by atoms with Crippen LogP contribution in [0.15, 0.2) is 0 Å². The van der Waals surface area contributed by atoms with Crippen LogP contribution in [0.4, 0.5) is 0 Å². The molecule has 0 bridgehead atoms. The highest BCUT2D eigenvalue weighted by molar-refractivity contribution is 7.81. The largest absolute Gasteiger partial charge is 0.397 e. The summed E-state index contributed by atoms with van der Waals surface area (Å²) in [5.74, 6) is 0. The Hall–Kier alpha value is -0.340. The first kappa shape index (κ1) is 47.7. The van der Waals surface area contributed by atoms with Crippen molar-refractivity contribution >= 4 is 20.8 Å². The first-order valence-electron chi connectivity index (χ1n) is 19.6. The number of hydrogen-bond acceptors (Lipinski definition) is 8. The molecule has 0 saturated heterocycles. The summed E-state index contributed by atoms with van der Waals surface area (Å²) in [6, 6.07) is 0. The molecule has 0 aliphatic carbocycles. The van der Waals surface area contributed by atoms with Crippen LogP contribution in [0.2, 0.25) is 0 Å². The van der Waals surface area contributed by atoms with Crippen molar-refractivity contribution in [1.29, 1.82) is 0 Å². The summed E-state index contributed by atoms with van der Waals surface area (Å²) in [6.07, 6.45) is 32.0. The zero-order valence-corrected chi connectivity index (χ0v) is 32.4. The van der Waals surface area contributed by atoms with Gasteiger partial charge in [-0.2, -0.15) is 16.8 Å². The molecule has 10 nitrogen and oxygen atoms in total. The van der Waals surface area contributed by atoms with Gasteiger partial charge in [0.25, 0.3) is 0 Å². The van der Waals surface area contributed by atoms with Gasteiger partial charge in [0.05, 0.1) is 13.2 Å². The summed E-state index contributed by atoms with van der Waals surface area (Å²) in [4.78, 5) is 0. The maximum absolute atomic E-state index is 11.3. The SMILES string of the molecule is CCCCCCCCCCCCCCCCO[C@@H](COS(=O)(=O)O)[C@H](COS(=O)(=O)O)OCCCCCCCCCCCCCCCC. The number of hydrogen-bond donors (Lipinski definition) is 2. The lowest BCUT2D eigenvalue weighted by molar-refractivity contribution is -0.104. The summed E-state index contributed by atoms with van der Waals surface area (Å²) in [5.41, 5.74) is 0. The standard InChI is InChI=1S/C36H74O10S2/c1-3-5-7-9-11-13-15-17-19-21-23-25-27-29-31-43-35(33-45-47(37,38)39)36(34-46-48(40,41)42)44-32-30-28-26-24-22-20-18-16-14-12-10-8-6-4-2/h35-36H,3-34H2,1-2H3,(H,37,38,39)(H,40,41,42)/t35-,36-/m0/s1. The van der Waals surface area contributed by atoms with E-state index in [9.17, 15) is 16.8 Å². The molecule has 12 heteroatoms. The third-order valence-corrected chi connectivity index (χ3v) is 9.70. The van der Waals surface area contributed by atoms with E-state index >= 15 is 0 Å². The quantitative estimate of drug-likeness (QED) is 0.0463. The molecule has 0 saturated carbocycles. The van der Waals surface area contributed by atoms with Crippen molar-refractivity contribution < 1.29 is 43.8 Å². The van der Waals surface area contributed by atoms with Gasteiger partial charge < -0.3 is 9.47 Å². The lowest BCUT2D eigenvalue weighted by Crippen LogP contribution is -2.40. The Morgan fingerprint density at radius 3 is 0.792 bits per heavy atom. The molecular weight excluding hydrogens is 657 g/mol. The predicted octanol–water partition coefficient (Wildman–Crippen LogP) is 10.4. The van der Waals surface area contributed by atoms with Crippen LogP contribution in [0.1, 0.15) is 194 Å². The third kappa shape index (κ3) is 36.9. The minimum absolute atomic E-state index is 0.280. The van der Waals surface area contributed by atoms with E-state index in [4.69, 9.17) is 18.6 Å². The summed E-state index contributed by atoms with van der Waals surface area (Å²) in [6.45, 7) is 3.90. The number of rotatable bonds is 39. The Balaban J connectivity index is 4.37. The van der Waals surface area contributed by atoms with Gasteiger partial charge in [-0.15, -0.1) is 0 Å². The Bertz CT molecular complexity index is 811. The third-order valence-electron chi connectivity index (χ3n) is 8.84. The van der Waals surface area contributed by atoms with Crippen molar-refractivity contribution in [3.63, 3.8) is 0 Å². The molecule has 2 atom stereocenters.